The van der Waals surface area contributed by atoms with Gasteiger partial charge in [-0.05, 0) is 66.3 Å². The average molecular weight is 486 g/mol. The van der Waals surface area contributed by atoms with Crippen LogP contribution in [0.2, 0.25) is 0 Å². The van der Waals surface area contributed by atoms with E-state index < -0.39 is 0 Å². The summed E-state index contributed by atoms with van der Waals surface area (Å²) in [5.74, 6) is 1.46. The van der Waals surface area contributed by atoms with E-state index in [2.05, 4.69) is 29.4 Å². The molecule has 3 aromatic carbocycles. The number of nitrogens with one attached hydrogen (secondary N) is 2. The lowest BCUT2D eigenvalue weighted by Gasteiger charge is -2.28. The highest BCUT2D eigenvalue weighted by Gasteiger charge is 2.19. The van der Waals surface area contributed by atoms with E-state index in [1.807, 2.05) is 72.5 Å². The summed E-state index contributed by atoms with van der Waals surface area (Å²) in [6, 6.07) is 24.0. The Balaban J connectivity index is 1.44. The number of pyridine rings is 1. The fraction of sp³-hybridized carbons (Fsp3) is 0.214. The van der Waals surface area contributed by atoms with E-state index in [1.165, 1.54) is 0 Å². The highest BCUT2D eigenvalue weighted by Crippen LogP contribution is 2.33. The summed E-state index contributed by atoms with van der Waals surface area (Å²) in [6.45, 7) is 5.17. The first kappa shape index (κ1) is 22.9. The predicted octanol–water partition coefficient (Wildman–Crippen LogP) is 5.20. The maximum absolute atomic E-state index is 13.0. The SMILES string of the molecule is Cc1cccc2cc(CN(Cc3ccc4c(c3)OCO4)C(=S)N[C@@H](C)c3ccccc3)c(=O)[nH]c12. The third kappa shape index (κ3) is 5.00. The molecule has 178 valence electrons. The van der Waals surface area contributed by atoms with Crippen molar-refractivity contribution in [2.24, 2.45) is 0 Å². The number of hydrogen-bond donors (Lipinski definition) is 2. The van der Waals surface area contributed by atoms with Crippen LogP contribution in [0, 0.1) is 6.92 Å². The van der Waals surface area contributed by atoms with Crippen molar-refractivity contribution >= 4 is 28.2 Å². The molecular weight excluding hydrogens is 458 g/mol. The minimum absolute atomic E-state index is 0.0143. The number of ether oxygens (including phenoxy) is 2. The van der Waals surface area contributed by atoms with Crippen LogP contribution in [0.25, 0.3) is 10.9 Å². The molecule has 2 heterocycles. The number of H-pyrrole nitrogens is 1. The lowest BCUT2D eigenvalue weighted by atomic mass is 10.1. The summed E-state index contributed by atoms with van der Waals surface area (Å²) < 4.78 is 11.0. The molecule has 0 bridgehead atoms. The van der Waals surface area contributed by atoms with Crippen LogP contribution in [0.5, 0.6) is 11.5 Å². The van der Waals surface area contributed by atoms with Crippen LogP contribution in [0.4, 0.5) is 0 Å². The molecule has 0 unspecified atom stereocenters. The van der Waals surface area contributed by atoms with Crippen LogP contribution in [0.1, 0.15) is 35.2 Å². The molecule has 0 spiro atoms. The number of fused-ring (bicyclic) bond motifs is 2. The van der Waals surface area contributed by atoms with Gasteiger partial charge in [-0.25, -0.2) is 0 Å². The summed E-state index contributed by atoms with van der Waals surface area (Å²) >= 11 is 5.86. The summed E-state index contributed by atoms with van der Waals surface area (Å²) in [4.78, 5) is 18.1. The van der Waals surface area contributed by atoms with E-state index in [9.17, 15) is 4.79 Å². The molecule has 7 heteroatoms. The monoisotopic (exact) mass is 485 g/mol. The molecule has 1 aromatic heterocycles. The van der Waals surface area contributed by atoms with Gasteiger partial charge in [0.05, 0.1) is 18.1 Å². The zero-order chi connectivity index (χ0) is 24.4. The number of aromatic amines is 1. The van der Waals surface area contributed by atoms with E-state index in [0.717, 1.165) is 39.1 Å². The highest BCUT2D eigenvalue weighted by molar-refractivity contribution is 7.80. The molecule has 0 amide bonds. The number of aromatic nitrogens is 1. The van der Waals surface area contributed by atoms with E-state index in [4.69, 9.17) is 21.7 Å². The zero-order valence-electron chi connectivity index (χ0n) is 19.7. The Hall–Kier alpha value is -3.84. The van der Waals surface area contributed by atoms with Gasteiger partial charge in [0.2, 0.25) is 6.79 Å². The predicted molar refractivity (Wildman–Crippen MR) is 142 cm³/mol. The second kappa shape index (κ2) is 9.80. The average Bonchev–Trinajstić information content (AvgIpc) is 3.33. The Morgan fingerprint density at radius 1 is 1.03 bits per heavy atom. The maximum atomic E-state index is 13.0. The zero-order valence-corrected chi connectivity index (χ0v) is 20.5. The van der Waals surface area contributed by atoms with Crippen LogP contribution in [0.3, 0.4) is 0 Å². The standard InChI is InChI=1S/C28H27N3O3S/c1-18-7-6-10-22-14-23(27(32)30-26(18)22)16-31(15-20-11-12-24-25(13-20)34-17-33-24)28(35)29-19(2)21-8-4-3-5-9-21/h3-14,19H,15-17H2,1-2H3,(H,29,35)(H,30,32)/t19-/m0/s1. The molecule has 0 fully saturated rings. The van der Waals surface area contributed by atoms with Gasteiger partial charge in [0.1, 0.15) is 0 Å². The van der Waals surface area contributed by atoms with Crippen LogP contribution < -0.4 is 20.3 Å². The van der Waals surface area contributed by atoms with Crippen molar-refractivity contribution in [3.8, 4) is 11.5 Å². The lowest BCUT2D eigenvalue weighted by molar-refractivity contribution is 0.174. The number of aryl methyl sites for hydroxylation is 1. The van der Waals surface area contributed by atoms with Crippen molar-refractivity contribution in [2.45, 2.75) is 33.0 Å². The summed E-state index contributed by atoms with van der Waals surface area (Å²) in [7, 11) is 0. The summed E-state index contributed by atoms with van der Waals surface area (Å²) in [6.07, 6.45) is 0. The van der Waals surface area contributed by atoms with E-state index in [-0.39, 0.29) is 18.4 Å². The second-order valence-corrected chi connectivity index (χ2v) is 9.18. The van der Waals surface area contributed by atoms with Gasteiger partial charge in [-0.3, -0.25) is 4.79 Å². The van der Waals surface area contributed by atoms with E-state index in [1.54, 1.807) is 0 Å². The molecule has 1 atom stereocenters. The first-order chi connectivity index (χ1) is 17.0. The largest absolute Gasteiger partial charge is 0.454 e. The normalized spacial score (nSPS) is 13.0. The van der Waals surface area contributed by atoms with Crippen molar-refractivity contribution in [1.82, 2.24) is 15.2 Å². The summed E-state index contributed by atoms with van der Waals surface area (Å²) in [5.41, 5.74) is 4.59. The Morgan fingerprint density at radius 2 is 1.83 bits per heavy atom. The van der Waals surface area contributed by atoms with Crippen molar-refractivity contribution in [1.29, 1.82) is 0 Å². The van der Waals surface area contributed by atoms with Gasteiger partial charge in [0, 0.05) is 12.1 Å². The maximum Gasteiger partial charge on any atom is 0.253 e. The van der Waals surface area contributed by atoms with Crippen molar-refractivity contribution in [3.63, 3.8) is 0 Å². The fourth-order valence-electron chi connectivity index (χ4n) is 4.31. The molecule has 4 aromatic rings. The van der Waals surface area contributed by atoms with Gasteiger partial charge in [-0.15, -0.1) is 0 Å². The molecule has 5 rings (SSSR count). The molecule has 1 aliphatic heterocycles. The van der Waals surface area contributed by atoms with Crippen molar-refractivity contribution < 1.29 is 9.47 Å². The van der Waals surface area contributed by atoms with Gasteiger partial charge in [-0.2, -0.15) is 0 Å². The van der Waals surface area contributed by atoms with Crippen molar-refractivity contribution in [3.05, 3.63) is 105 Å². The first-order valence-corrected chi connectivity index (χ1v) is 12.0. The van der Waals surface area contributed by atoms with E-state index in [0.29, 0.717) is 23.8 Å². The Bertz CT molecular complexity index is 1430. The van der Waals surface area contributed by atoms with Crippen molar-refractivity contribution in [2.75, 3.05) is 6.79 Å². The molecule has 6 nitrogen and oxygen atoms in total. The molecule has 2 N–H and O–H groups in total. The number of para-hydroxylation sites is 1. The van der Waals surface area contributed by atoms with Crippen LogP contribution >= 0.6 is 12.2 Å². The summed E-state index contributed by atoms with van der Waals surface area (Å²) in [5, 5.41) is 5.02. The first-order valence-electron chi connectivity index (χ1n) is 11.6. The number of rotatable bonds is 6. The van der Waals surface area contributed by atoms with Crippen LogP contribution in [0.15, 0.2) is 77.6 Å². The van der Waals surface area contributed by atoms with Gasteiger partial charge in [-0.1, -0.05) is 54.6 Å². The topological polar surface area (TPSA) is 66.6 Å². The Labute approximate surface area is 209 Å². The molecular formula is C28H27N3O3S. The number of nitrogens with zero attached hydrogens (tertiary/aromatic N) is 1. The fourth-order valence-corrected chi connectivity index (χ4v) is 4.62. The minimum atomic E-state index is -0.110. The van der Waals surface area contributed by atoms with Crippen LogP contribution in [-0.2, 0) is 13.1 Å². The number of thiocarbonyl (C=S) groups is 1. The number of benzene rings is 3. The minimum Gasteiger partial charge on any atom is -0.454 e. The third-order valence-corrected chi connectivity index (χ3v) is 6.64. The Morgan fingerprint density at radius 3 is 2.66 bits per heavy atom. The molecule has 35 heavy (non-hydrogen) atoms. The van der Waals surface area contributed by atoms with E-state index >= 15 is 0 Å². The van der Waals surface area contributed by atoms with Gasteiger partial charge < -0.3 is 24.7 Å². The second-order valence-electron chi connectivity index (χ2n) is 8.79. The number of hydrogen-bond acceptors (Lipinski definition) is 4. The molecule has 0 radical (unpaired) electrons. The Kier molecular flexibility index (Phi) is 6.42. The lowest BCUT2D eigenvalue weighted by Crippen LogP contribution is -2.41. The van der Waals surface area contributed by atoms with Crippen LogP contribution in [-0.4, -0.2) is 21.8 Å². The highest BCUT2D eigenvalue weighted by atomic mass is 32.1. The smallest absolute Gasteiger partial charge is 0.253 e. The quantitative estimate of drug-likeness (QED) is 0.366. The molecule has 0 aliphatic carbocycles. The van der Waals surface area contributed by atoms with Gasteiger partial charge >= 0.3 is 0 Å². The molecule has 0 saturated heterocycles. The third-order valence-electron chi connectivity index (χ3n) is 6.26. The molecule has 1 aliphatic rings. The van der Waals surface area contributed by atoms with Gasteiger partial charge in [0.15, 0.2) is 16.6 Å². The molecule has 0 saturated carbocycles. The van der Waals surface area contributed by atoms with Gasteiger partial charge in [0.25, 0.3) is 5.56 Å².